The zero-order valence-corrected chi connectivity index (χ0v) is 12.6. The van der Waals surface area contributed by atoms with Gasteiger partial charge in [0, 0.05) is 13.6 Å². The molecular weight excluding hydrogens is 283 g/mol. The van der Waals surface area contributed by atoms with E-state index in [1.165, 1.54) is 7.05 Å². The lowest BCUT2D eigenvalue weighted by molar-refractivity contribution is -0.162. The Labute approximate surface area is 122 Å². The molecule has 1 rings (SSSR count). The highest BCUT2D eigenvalue weighted by Gasteiger charge is 2.30. The standard InChI is InChI=1S/C15H20F3NO2/c1-14(2,3)12-7-5-11(6-8-12)9-19(4)13(20)21-10-15(16,17)18/h5-8H,9-10H2,1-4H3. The molecule has 6 heteroatoms. The first-order valence-electron chi connectivity index (χ1n) is 6.53. The van der Waals surface area contributed by atoms with Crippen molar-refractivity contribution in [3.05, 3.63) is 35.4 Å². The number of alkyl halides is 3. The van der Waals surface area contributed by atoms with Gasteiger partial charge in [0.2, 0.25) is 0 Å². The summed E-state index contributed by atoms with van der Waals surface area (Å²) in [6.07, 6.45) is -5.50. The van der Waals surface area contributed by atoms with E-state index in [-0.39, 0.29) is 12.0 Å². The van der Waals surface area contributed by atoms with Gasteiger partial charge in [-0.2, -0.15) is 13.2 Å². The van der Waals surface area contributed by atoms with Gasteiger partial charge in [-0.3, -0.25) is 0 Å². The third-order valence-corrected chi connectivity index (χ3v) is 2.91. The summed E-state index contributed by atoms with van der Waals surface area (Å²) in [5, 5.41) is 0. The number of carbonyl (C=O) groups is 1. The van der Waals surface area contributed by atoms with E-state index < -0.39 is 18.9 Å². The van der Waals surface area contributed by atoms with Crippen LogP contribution in [0.1, 0.15) is 31.9 Å². The zero-order valence-electron chi connectivity index (χ0n) is 12.6. The molecule has 0 bridgehead atoms. The molecule has 118 valence electrons. The van der Waals surface area contributed by atoms with E-state index >= 15 is 0 Å². The minimum absolute atomic E-state index is 0.0239. The van der Waals surface area contributed by atoms with E-state index in [9.17, 15) is 18.0 Å². The number of ether oxygens (including phenoxy) is 1. The number of amides is 1. The summed E-state index contributed by atoms with van der Waals surface area (Å²) >= 11 is 0. The van der Waals surface area contributed by atoms with Gasteiger partial charge in [0.05, 0.1) is 0 Å². The van der Waals surface area contributed by atoms with Crippen LogP contribution < -0.4 is 0 Å². The van der Waals surface area contributed by atoms with E-state index in [0.29, 0.717) is 0 Å². The van der Waals surface area contributed by atoms with Crippen molar-refractivity contribution in [1.29, 1.82) is 0 Å². The van der Waals surface area contributed by atoms with E-state index in [0.717, 1.165) is 16.0 Å². The molecule has 21 heavy (non-hydrogen) atoms. The Morgan fingerprint density at radius 1 is 1.14 bits per heavy atom. The molecule has 0 N–H and O–H groups in total. The van der Waals surface area contributed by atoms with Crippen LogP contribution in [0.15, 0.2) is 24.3 Å². The van der Waals surface area contributed by atoms with Crippen molar-refractivity contribution in [2.75, 3.05) is 13.7 Å². The van der Waals surface area contributed by atoms with Gasteiger partial charge in [0.15, 0.2) is 6.61 Å². The molecule has 0 aliphatic carbocycles. The second-order valence-corrected chi connectivity index (χ2v) is 5.97. The summed E-state index contributed by atoms with van der Waals surface area (Å²) in [7, 11) is 1.40. The first kappa shape index (κ1) is 17.3. The maximum atomic E-state index is 12.0. The Hall–Kier alpha value is -1.72. The lowest BCUT2D eigenvalue weighted by Gasteiger charge is -2.21. The van der Waals surface area contributed by atoms with Gasteiger partial charge in [-0.05, 0) is 16.5 Å². The normalized spacial score (nSPS) is 12.1. The van der Waals surface area contributed by atoms with Crippen LogP contribution in [0.3, 0.4) is 0 Å². The topological polar surface area (TPSA) is 29.5 Å². The summed E-state index contributed by atoms with van der Waals surface area (Å²) in [5.74, 6) is 0. The van der Waals surface area contributed by atoms with Crippen molar-refractivity contribution in [2.45, 2.75) is 38.9 Å². The smallest absolute Gasteiger partial charge is 0.422 e. The Morgan fingerprint density at radius 3 is 2.10 bits per heavy atom. The molecule has 1 aromatic carbocycles. The van der Waals surface area contributed by atoms with Crippen LogP contribution in [0.4, 0.5) is 18.0 Å². The SMILES string of the molecule is CN(Cc1ccc(C(C)(C)C)cc1)C(=O)OCC(F)(F)F. The number of carbonyl (C=O) groups excluding carboxylic acids is 1. The van der Waals surface area contributed by atoms with Crippen LogP contribution in [-0.4, -0.2) is 30.8 Å². The average Bonchev–Trinajstić information content (AvgIpc) is 2.34. The van der Waals surface area contributed by atoms with Gasteiger partial charge in [0.1, 0.15) is 0 Å². The summed E-state index contributed by atoms with van der Waals surface area (Å²) in [5.41, 5.74) is 2.00. The fourth-order valence-electron chi connectivity index (χ4n) is 1.70. The van der Waals surface area contributed by atoms with Crippen LogP contribution in [0, 0.1) is 0 Å². The predicted molar refractivity (Wildman–Crippen MR) is 74.0 cm³/mol. The molecule has 0 fully saturated rings. The molecule has 0 spiro atoms. The van der Waals surface area contributed by atoms with Crippen molar-refractivity contribution >= 4 is 6.09 Å². The van der Waals surface area contributed by atoms with Crippen molar-refractivity contribution in [2.24, 2.45) is 0 Å². The van der Waals surface area contributed by atoms with Crippen LogP contribution in [-0.2, 0) is 16.7 Å². The van der Waals surface area contributed by atoms with Crippen molar-refractivity contribution in [3.8, 4) is 0 Å². The minimum atomic E-state index is -4.51. The molecule has 0 radical (unpaired) electrons. The first-order valence-corrected chi connectivity index (χ1v) is 6.53. The molecule has 3 nitrogen and oxygen atoms in total. The fourth-order valence-corrected chi connectivity index (χ4v) is 1.70. The number of rotatable bonds is 3. The second-order valence-electron chi connectivity index (χ2n) is 5.97. The Bertz CT molecular complexity index is 475. The van der Waals surface area contributed by atoms with Gasteiger partial charge >= 0.3 is 12.3 Å². The number of nitrogens with zero attached hydrogens (tertiary/aromatic N) is 1. The van der Waals surface area contributed by atoms with Crippen molar-refractivity contribution in [3.63, 3.8) is 0 Å². The molecule has 0 unspecified atom stereocenters. The molecule has 1 amide bonds. The van der Waals surface area contributed by atoms with Crippen molar-refractivity contribution < 1.29 is 22.7 Å². The van der Waals surface area contributed by atoms with E-state index in [1.807, 2.05) is 24.3 Å². The molecule has 1 aromatic rings. The van der Waals surface area contributed by atoms with Gasteiger partial charge in [0.25, 0.3) is 0 Å². The highest BCUT2D eigenvalue weighted by Crippen LogP contribution is 2.22. The van der Waals surface area contributed by atoms with Crippen LogP contribution in [0.5, 0.6) is 0 Å². The minimum Gasteiger partial charge on any atom is -0.440 e. The quantitative estimate of drug-likeness (QED) is 0.841. The molecule has 0 saturated heterocycles. The average molecular weight is 303 g/mol. The number of hydrogen-bond acceptors (Lipinski definition) is 2. The maximum absolute atomic E-state index is 12.0. The first-order chi connectivity index (χ1) is 9.49. The maximum Gasteiger partial charge on any atom is 0.422 e. The van der Waals surface area contributed by atoms with Gasteiger partial charge < -0.3 is 9.64 Å². The molecule has 0 aliphatic rings. The monoisotopic (exact) mass is 303 g/mol. The van der Waals surface area contributed by atoms with Gasteiger partial charge in [-0.25, -0.2) is 4.79 Å². The third kappa shape index (κ3) is 6.06. The number of hydrogen-bond donors (Lipinski definition) is 0. The summed E-state index contributed by atoms with van der Waals surface area (Å²) in [6.45, 7) is 4.88. The fraction of sp³-hybridized carbons (Fsp3) is 0.533. The van der Waals surface area contributed by atoms with E-state index in [4.69, 9.17) is 0 Å². The van der Waals surface area contributed by atoms with Gasteiger partial charge in [-0.15, -0.1) is 0 Å². The molecule has 0 aliphatic heterocycles. The van der Waals surface area contributed by atoms with Crippen LogP contribution in [0.25, 0.3) is 0 Å². The Kier molecular flexibility index (Phi) is 5.25. The summed E-state index contributed by atoms with van der Waals surface area (Å²) in [6, 6.07) is 7.61. The highest BCUT2D eigenvalue weighted by atomic mass is 19.4. The lowest BCUT2D eigenvalue weighted by atomic mass is 9.87. The summed E-state index contributed by atoms with van der Waals surface area (Å²) < 4.78 is 40.1. The predicted octanol–water partition coefficient (Wildman–Crippen LogP) is 4.11. The lowest BCUT2D eigenvalue weighted by Crippen LogP contribution is -2.30. The molecule has 0 heterocycles. The Balaban J connectivity index is 2.58. The zero-order chi connectivity index (χ0) is 16.3. The largest absolute Gasteiger partial charge is 0.440 e. The Morgan fingerprint density at radius 2 is 1.67 bits per heavy atom. The molecule has 0 aromatic heterocycles. The highest BCUT2D eigenvalue weighted by molar-refractivity contribution is 5.67. The molecule has 0 atom stereocenters. The summed E-state index contributed by atoms with van der Waals surface area (Å²) in [4.78, 5) is 12.5. The molecule has 0 saturated carbocycles. The number of benzene rings is 1. The van der Waals surface area contributed by atoms with E-state index in [1.54, 1.807) is 0 Å². The van der Waals surface area contributed by atoms with E-state index in [2.05, 4.69) is 25.5 Å². The van der Waals surface area contributed by atoms with Crippen LogP contribution >= 0.6 is 0 Å². The second kappa shape index (κ2) is 6.37. The van der Waals surface area contributed by atoms with Crippen LogP contribution in [0.2, 0.25) is 0 Å². The molecular formula is C15H20F3NO2. The number of halogens is 3. The third-order valence-electron chi connectivity index (χ3n) is 2.91. The van der Waals surface area contributed by atoms with Crippen molar-refractivity contribution in [1.82, 2.24) is 4.90 Å². The van der Waals surface area contributed by atoms with Gasteiger partial charge in [-0.1, -0.05) is 45.0 Å².